The van der Waals surface area contributed by atoms with E-state index < -0.39 is 18.2 Å². The molecule has 0 radical (unpaired) electrons. The second-order valence-electron chi connectivity index (χ2n) is 7.12. The van der Waals surface area contributed by atoms with Gasteiger partial charge in [-0.2, -0.15) is 5.10 Å². The molecule has 2 atom stereocenters. The Balaban J connectivity index is 2.16. The second-order valence-corrected chi connectivity index (χ2v) is 7.55. The normalized spacial score (nSPS) is 18.5. The zero-order chi connectivity index (χ0) is 24.0. The number of nitrogens with one attached hydrogen (secondary N) is 2. The molecule has 33 heavy (non-hydrogen) atoms. The topological polar surface area (TPSA) is 107 Å². The molecule has 0 unspecified atom stereocenters. The van der Waals surface area contributed by atoms with E-state index in [1.807, 2.05) is 12.1 Å². The minimum atomic E-state index is -0.872. The van der Waals surface area contributed by atoms with Crippen LogP contribution >= 0.6 is 11.6 Å². The molecule has 2 aromatic carbocycles. The van der Waals surface area contributed by atoms with Gasteiger partial charge in [0.2, 0.25) is 5.91 Å². The van der Waals surface area contributed by atoms with Crippen LogP contribution in [0, 0.1) is 0 Å². The molecule has 0 spiro atoms. The number of fused-ring (bicyclic) bond motifs is 1. The molecular weight excluding hydrogens is 450 g/mol. The Morgan fingerprint density at radius 3 is 2.64 bits per heavy atom. The fraction of sp³-hybridized carbons (Fsp3) is 0.348. The molecular formula is C23H26ClN3O6. The molecule has 3 rings (SSSR count). The van der Waals surface area contributed by atoms with E-state index in [9.17, 15) is 9.59 Å². The highest BCUT2D eigenvalue weighted by Crippen LogP contribution is 2.43. The number of ether oxygens (including phenoxy) is 4. The Morgan fingerprint density at radius 1 is 1.18 bits per heavy atom. The molecule has 176 valence electrons. The van der Waals surface area contributed by atoms with Gasteiger partial charge in [-0.05, 0) is 31.2 Å². The molecule has 0 saturated carbocycles. The van der Waals surface area contributed by atoms with Crippen molar-refractivity contribution >= 4 is 35.0 Å². The van der Waals surface area contributed by atoms with Gasteiger partial charge < -0.3 is 24.3 Å². The molecule has 1 heterocycles. The maximum absolute atomic E-state index is 12.4. The van der Waals surface area contributed by atoms with Gasteiger partial charge in [-0.1, -0.05) is 23.7 Å². The number of halogens is 1. The lowest BCUT2D eigenvalue weighted by molar-refractivity contribution is -0.145. The van der Waals surface area contributed by atoms with E-state index in [0.717, 1.165) is 0 Å². The lowest BCUT2D eigenvalue weighted by atomic mass is 9.98. The van der Waals surface area contributed by atoms with E-state index in [-0.39, 0.29) is 24.8 Å². The predicted octanol–water partition coefficient (Wildman–Crippen LogP) is 3.66. The van der Waals surface area contributed by atoms with Gasteiger partial charge in [-0.3, -0.25) is 9.59 Å². The summed E-state index contributed by atoms with van der Waals surface area (Å²) in [4.78, 5) is 23.9. The lowest BCUT2D eigenvalue weighted by Crippen LogP contribution is -2.34. The van der Waals surface area contributed by atoms with Crippen LogP contribution in [0.1, 0.15) is 37.5 Å². The smallest absolute Gasteiger partial charge is 0.308 e. The van der Waals surface area contributed by atoms with E-state index >= 15 is 0 Å². The second kappa shape index (κ2) is 11.0. The summed E-state index contributed by atoms with van der Waals surface area (Å²) < 4.78 is 22.6. The largest absolute Gasteiger partial charge is 0.493 e. The zero-order valence-electron chi connectivity index (χ0n) is 18.8. The quantitative estimate of drug-likeness (QED) is 0.464. The first-order chi connectivity index (χ1) is 15.9. The van der Waals surface area contributed by atoms with Gasteiger partial charge in [-0.15, -0.1) is 0 Å². The average Bonchev–Trinajstić information content (AvgIpc) is 2.93. The summed E-state index contributed by atoms with van der Waals surface area (Å²) in [5.41, 5.74) is 4.40. The molecule has 2 N–H and O–H groups in total. The summed E-state index contributed by atoms with van der Waals surface area (Å²) in [5.74, 6) is 0.402. The number of nitrogens with zero attached hydrogens (tertiary/aromatic N) is 1. The number of methoxy groups -OCH3 is 2. The number of hydrogen-bond acceptors (Lipinski definition) is 7. The fourth-order valence-corrected chi connectivity index (χ4v) is 3.68. The molecule has 0 fully saturated rings. The summed E-state index contributed by atoms with van der Waals surface area (Å²) in [5, 5.41) is 7.82. The fourth-order valence-electron chi connectivity index (χ4n) is 3.50. The number of amidine groups is 1. The summed E-state index contributed by atoms with van der Waals surface area (Å²) in [6.45, 7) is 3.28. The number of amides is 1. The summed E-state index contributed by atoms with van der Waals surface area (Å²) in [7, 11) is 3.08. The van der Waals surface area contributed by atoms with Gasteiger partial charge in [0, 0.05) is 28.8 Å². The Bertz CT molecular complexity index is 1060. The zero-order valence-corrected chi connectivity index (χ0v) is 19.6. The number of hydrazone groups is 1. The molecule has 0 bridgehead atoms. The third-order valence-electron chi connectivity index (χ3n) is 4.87. The number of esters is 1. The van der Waals surface area contributed by atoms with Gasteiger partial charge in [0.05, 0.1) is 27.2 Å². The number of hydrogen-bond donors (Lipinski definition) is 2. The number of para-hydroxylation sites is 1. The van der Waals surface area contributed by atoms with Crippen molar-refractivity contribution in [3.05, 3.63) is 52.5 Å². The van der Waals surface area contributed by atoms with Crippen LogP contribution in [0.4, 0.5) is 5.69 Å². The van der Waals surface area contributed by atoms with E-state index in [0.29, 0.717) is 33.3 Å². The molecule has 2 aromatic rings. The van der Waals surface area contributed by atoms with Crippen molar-refractivity contribution in [1.29, 1.82) is 0 Å². The van der Waals surface area contributed by atoms with Crippen LogP contribution in [0.3, 0.4) is 0 Å². The first-order valence-electron chi connectivity index (χ1n) is 10.3. The summed E-state index contributed by atoms with van der Waals surface area (Å²) in [6.07, 6.45) is -1.72. The van der Waals surface area contributed by atoms with Crippen molar-refractivity contribution in [2.75, 3.05) is 26.1 Å². The Morgan fingerprint density at radius 2 is 1.97 bits per heavy atom. The maximum atomic E-state index is 12.4. The van der Waals surface area contributed by atoms with E-state index in [1.165, 1.54) is 14.0 Å². The number of benzene rings is 2. The number of anilines is 1. The van der Waals surface area contributed by atoms with Crippen molar-refractivity contribution in [2.45, 2.75) is 32.5 Å². The van der Waals surface area contributed by atoms with Crippen molar-refractivity contribution < 1.29 is 28.5 Å². The number of carbonyl (C=O) groups is 2. The van der Waals surface area contributed by atoms with Crippen LogP contribution in [0.2, 0.25) is 5.02 Å². The van der Waals surface area contributed by atoms with Crippen molar-refractivity contribution in [3.8, 4) is 11.5 Å². The molecule has 1 amide bonds. The monoisotopic (exact) mass is 475 g/mol. The Kier molecular flexibility index (Phi) is 8.13. The van der Waals surface area contributed by atoms with Crippen LogP contribution in [0.5, 0.6) is 11.5 Å². The molecule has 0 aromatic heterocycles. The van der Waals surface area contributed by atoms with E-state index in [4.69, 9.17) is 30.5 Å². The van der Waals surface area contributed by atoms with Crippen molar-refractivity contribution in [3.63, 3.8) is 0 Å². The van der Waals surface area contributed by atoms with E-state index in [1.54, 1.807) is 38.3 Å². The average molecular weight is 476 g/mol. The summed E-state index contributed by atoms with van der Waals surface area (Å²) >= 11 is 6.32. The minimum Gasteiger partial charge on any atom is -0.493 e. The molecule has 1 aliphatic rings. The first kappa shape index (κ1) is 24.3. The Hall–Kier alpha value is -3.30. The molecule has 0 aliphatic carbocycles. The van der Waals surface area contributed by atoms with Gasteiger partial charge in [0.1, 0.15) is 12.2 Å². The SMILES string of the molecule is CCOC(=O)C[C@@H]1O[C@@H](c2cccc(OC)c2OC)c2cc(Cl)ccc2NC1=NNC(C)=O. The third kappa shape index (κ3) is 5.74. The molecule has 10 heteroatoms. The predicted molar refractivity (Wildman–Crippen MR) is 124 cm³/mol. The van der Waals surface area contributed by atoms with Crippen LogP contribution in [0.15, 0.2) is 41.5 Å². The highest BCUT2D eigenvalue weighted by Gasteiger charge is 2.34. The minimum absolute atomic E-state index is 0.135. The molecule has 1 aliphatic heterocycles. The van der Waals surface area contributed by atoms with Crippen LogP contribution in [-0.4, -0.2) is 44.6 Å². The van der Waals surface area contributed by atoms with Crippen LogP contribution in [-0.2, 0) is 19.1 Å². The Labute approximate surface area is 197 Å². The third-order valence-corrected chi connectivity index (χ3v) is 5.11. The summed E-state index contributed by atoms with van der Waals surface area (Å²) in [6, 6.07) is 10.7. The van der Waals surface area contributed by atoms with Gasteiger partial charge in [-0.25, -0.2) is 5.43 Å². The molecule has 0 saturated heterocycles. The van der Waals surface area contributed by atoms with Gasteiger partial charge >= 0.3 is 5.97 Å². The van der Waals surface area contributed by atoms with E-state index in [2.05, 4.69) is 15.8 Å². The van der Waals surface area contributed by atoms with Crippen LogP contribution < -0.4 is 20.2 Å². The highest BCUT2D eigenvalue weighted by molar-refractivity contribution is 6.30. The maximum Gasteiger partial charge on any atom is 0.308 e. The van der Waals surface area contributed by atoms with Crippen LogP contribution in [0.25, 0.3) is 0 Å². The molecule has 9 nitrogen and oxygen atoms in total. The first-order valence-corrected chi connectivity index (χ1v) is 10.7. The number of carbonyl (C=O) groups excluding carboxylic acids is 2. The van der Waals surface area contributed by atoms with Gasteiger partial charge in [0.15, 0.2) is 17.3 Å². The lowest BCUT2D eigenvalue weighted by Gasteiger charge is -2.24. The standard InChI is InChI=1S/C23H26ClN3O6/c1-5-32-20(29)12-19-23(27-26-13(2)28)25-17-10-9-14(24)11-16(17)21(33-19)15-7-6-8-18(30-3)22(15)31-4/h6-11,19,21H,5,12H2,1-4H3,(H,25,27)(H,26,28)/t19-,21-/m0/s1. The van der Waals surface area contributed by atoms with Crippen molar-refractivity contribution in [1.82, 2.24) is 5.43 Å². The van der Waals surface area contributed by atoms with Gasteiger partial charge in [0.25, 0.3) is 0 Å². The highest BCUT2D eigenvalue weighted by atomic mass is 35.5. The number of rotatable bonds is 7. The van der Waals surface area contributed by atoms with Crippen molar-refractivity contribution in [2.24, 2.45) is 5.10 Å².